The van der Waals surface area contributed by atoms with Crippen molar-refractivity contribution in [2.75, 3.05) is 24.2 Å². The number of nitrogens with zero attached hydrogens (tertiary/aromatic N) is 2. The molecule has 0 unspecified atom stereocenters. The van der Waals surface area contributed by atoms with E-state index in [1.54, 1.807) is 12.3 Å². The zero-order valence-corrected chi connectivity index (χ0v) is 11.8. The maximum atomic E-state index is 11.5. The number of hydrogen-bond acceptors (Lipinski definition) is 4. The Bertz CT molecular complexity index is 596. The topological polar surface area (TPSA) is 59.2 Å². The Morgan fingerprint density at radius 1 is 1.30 bits per heavy atom. The number of carbonyl (C=O) groups is 1. The lowest BCUT2D eigenvalue weighted by molar-refractivity contribution is 0.101. The molecule has 0 aliphatic carbocycles. The zero-order chi connectivity index (χ0) is 14.5. The number of benzene rings is 1. The summed E-state index contributed by atoms with van der Waals surface area (Å²) in [6.45, 7) is 2.36. The predicted molar refractivity (Wildman–Crippen MR) is 82.1 cm³/mol. The van der Waals surface area contributed by atoms with Crippen molar-refractivity contribution in [2.45, 2.75) is 13.3 Å². The minimum Gasteiger partial charge on any atom is -0.398 e. The number of pyridine rings is 1. The van der Waals surface area contributed by atoms with Crippen LogP contribution in [0, 0.1) is 0 Å². The van der Waals surface area contributed by atoms with Crippen molar-refractivity contribution in [3.8, 4) is 0 Å². The molecule has 0 amide bonds. The van der Waals surface area contributed by atoms with Gasteiger partial charge in [0.25, 0.3) is 0 Å². The first-order valence-electron chi connectivity index (χ1n) is 6.59. The summed E-state index contributed by atoms with van der Waals surface area (Å²) in [4.78, 5) is 17.9. The van der Waals surface area contributed by atoms with Crippen molar-refractivity contribution in [1.29, 1.82) is 0 Å². The molecule has 1 heterocycles. The largest absolute Gasteiger partial charge is 0.398 e. The van der Waals surface area contributed by atoms with E-state index in [-0.39, 0.29) is 5.78 Å². The monoisotopic (exact) mass is 269 g/mol. The highest BCUT2D eigenvalue weighted by molar-refractivity contribution is 6.00. The van der Waals surface area contributed by atoms with Gasteiger partial charge in [-0.15, -0.1) is 0 Å². The molecule has 0 aliphatic heterocycles. The summed E-state index contributed by atoms with van der Waals surface area (Å²) < 4.78 is 0. The molecule has 2 rings (SSSR count). The van der Waals surface area contributed by atoms with E-state index in [0.717, 1.165) is 24.3 Å². The number of aromatic nitrogens is 1. The minimum atomic E-state index is -0.0116. The van der Waals surface area contributed by atoms with Crippen molar-refractivity contribution in [3.05, 3.63) is 53.9 Å². The summed E-state index contributed by atoms with van der Waals surface area (Å²) in [5.74, 6) is -0.0116. The van der Waals surface area contributed by atoms with Crippen LogP contribution in [0.5, 0.6) is 0 Å². The molecule has 104 valence electrons. The van der Waals surface area contributed by atoms with E-state index < -0.39 is 0 Å². The van der Waals surface area contributed by atoms with Crippen LogP contribution in [0.3, 0.4) is 0 Å². The SMILES string of the molecule is CC(=O)c1cc(N(C)CCc2ccccn2)ccc1N. The van der Waals surface area contributed by atoms with Gasteiger partial charge in [0.15, 0.2) is 5.78 Å². The lowest BCUT2D eigenvalue weighted by Gasteiger charge is -2.20. The van der Waals surface area contributed by atoms with E-state index in [0.29, 0.717) is 11.3 Å². The summed E-state index contributed by atoms with van der Waals surface area (Å²) in [6, 6.07) is 11.5. The van der Waals surface area contributed by atoms with E-state index in [1.807, 2.05) is 37.4 Å². The number of anilines is 2. The van der Waals surface area contributed by atoms with Crippen LogP contribution in [0.2, 0.25) is 0 Å². The Kier molecular flexibility index (Phi) is 4.35. The summed E-state index contributed by atoms with van der Waals surface area (Å²) in [5.41, 5.74) is 8.95. The summed E-state index contributed by atoms with van der Waals surface area (Å²) in [6.07, 6.45) is 2.66. The maximum absolute atomic E-state index is 11.5. The highest BCUT2D eigenvalue weighted by atomic mass is 16.1. The third-order valence-corrected chi connectivity index (χ3v) is 3.29. The van der Waals surface area contributed by atoms with Crippen LogP contribution in [0.15, 0.2) is 42.6 Å². The molecule has 4 heteroatoms. The van der Waals surface area contributed by atoms with E-state index >= 15 is 0 Å². The Morgan fingerprint density at radius 2 is 2.10 bits per heavy atom. The van der Waals surface area contributed by atoms with Crippen LogP contribution >= 0.6 is 0 Å². The molecule has 0 bridgehead atoms. The molecule has 1 aromatic carbocycles. The third-order valence-electron chi connectivity index (χ3n) is 3.29. The normalized spacial score (nSPS) is 10.3. The number of likely N-dealkylation sites (N-methyl/N-ethyl adjacent to an activating group) is 1. The molecule has 2 N–H and O–H groups in total. The Labute approximate surface area is 119 Å². The number of hydrogen-bond donors (Lipinski definition) is 1. The van der Waals surface area contributed by atoms with Crippen LogP contribution in [0.1, 0.15) is 23.0 Å². The molecular formula is C16H19N3O. The van der Waals surface area contributed by atoms with Gasteiger partial charge in [0, 0.05) is 48.8 Å². The number of Topliss-reactive ketones (excluding diaryl/α,β-unsaturated/α-hetero) is 1. The smallest absolute Gasteiger partial charge is 0.161 e. The summed E-state index contributed by atoms with van der Waals surface area (Å²) in [7, 11) is 2.00. The Hall–Kier alpha value is -2.36. The molecule has 4 nitrogen and oxygen atoms in total. The second kappa shape index (κ2) is 6.19. The molecule has 0 aliphatic rings. The van der Waals surface area contributed by atoms with Gasteiger partial charge in [0.2, 0.25) is 0 Å². The van der Waals surface area contributed by atoms with Crippen molar-refractivity contribution in [2.24, 2.45) is 0 Å². The minimum absolute atomic E-state index is 0.0116. The first-order valence-corrected chi connectivity index (χ1v) is 6.59. The van der Waals surface area contributed by atoms with Gasteiger partial charge in [0.05, 0.1) is 0 Å². The van der Waals surface area contributed by atoms with Gasteiger partial charge in [-0.25, -0.2) is 0 Å². The van der Waals surface area contributed by atoms with Gasteiger partial charge in [-0.3, -0.25) is 9.78 Å². The number of carbonyl (C=O) groups excluding carboxylic acids is 1. The average Bonchev–Trinajstić information content (AvgIpc) is 2.46. The number of rotatable bonds is 5. The molecule has 0 spiro atoms. The lowest BCUT2D eigenvalue weighted by atomic mass is 10.1. The highest BCUT2D eigenvalue weighted by Crippen LogP contribution is 2.21. The molecule has 0 saturated heterocycles. The van der Waals surface area contributed by atoms with Gasteiger partial charge in [-0.1, -0.05) is 6.07 Å². The molecule has 0 atom stereocenters. The first-order chi connectivity index (χ1) is 9.58. The van der Waals surface area contributed by atoms with Gasteiger partial charge in [-0.2, -0.15) is 0 Å². The van der Waals surface area contributed by atoms with Crippen molar-refractivity contribution in [1.82, 2.24) is 4.98 Å². The molecule has 1 aromatic heterocycles. The number of ketones is 1. The van der Waals surface area contributed by atoms with Crippen molar-refractivity contribution in [3.63, 3.8) is 0 Å². The van der Waals surface area contributed by atoms with Gasteiger partial charge in [-0.05, 0) is 37.3 Å². The third kappa shape index (κ3) is 3.35. The van der Waals surface area contributed by atoms with Crippen LogP contribution < -0.4 is 10.6 Å². The summed E-state index contributed by atoms with van der Waals surface area (Å²) >= 11 is 0. The van der Waals surface area contributed by atoms with Gasteiger partial charge >= 0.3 is 0 Å². The predicted octanol–water partition coefficient (Wildman–Crippen LogP) is 2.55. The van der Waals surface area contributed by atoms with Crippen molar-refractivity contribution >= 4 is 17.2 Å². The Morgan fingerprint density at radius 3 is 2.75 bits per heavy atom. The van der Waals surface area contributed by atoms with Crippen LogP contribution in [0.25, 0.3) is 0 Å². The van der Waals surface area contributed by atoms with Crippen LogP contribution in [-0.2, 0) is 6.42 Å². The number of nitrogens with two attached hydrogens (primary N) is 1. The molecule has 20 heavy (non-hydrogen) atoms. The summed E-state index contributed by atoms with van der Waals surface area (Å²) in [5, 5.41) is 0. The maximum Gasteiger partial charge on any atom is 0.161 e. The molecule has 0 radical (unpaired) electrons. The van der Waals surface area contributed by atoms with E-state index in [4.69, 9.17) is 5.73 Å². The highest BCUT2D eigenvalue weighted by Gasteiger charge is 2.08. The fourth-order valence-corrected chi connectivity index (χ4v) is 2.04. The molecule has 0 fully saturated rings. The standard InChI is InChI=1S/C16H19N3O/c1-12(20)15-11-14(6-7-16(15)17)19(2)10-8-13-5-3-4-9-18-13/h3-7,9,11H,8,10,17H2,1-2H3. The van der Waals surface area contributed by atoms with Gasteiger partial charge < -0.3 is 10.6 Å². The average molecular weight is 269 g/mol. The van der Waals surface area contributed by atoms with Gasteiger partial charge in [0.1, 0.15) is 0 Å². The molecule has 0 saturated carbocycles. The second-order valence-corrected chi connectivity index (χ2v) is 4.82. The van der Waals surface area contributed by atoms with E-state index in [9.17, 15) is 4.79 Å². The van der Waals surface area contributed by atoms with Crippen LogP contribution in [-0.4, -0.2) is 24.4 Å². The first kappa shape index (κ1) is 14.1. The lowest BCUT2D eigenvalue weighted by Crippen LogP contribution is -2.21. The zero-order valence-electron chi connectivity index (χ0n) is 11.8. The van der Waals surface area contributed by atoms with Crippen LogP contribution in [0.4, 0.5) is 11.4 Å². The molecule has 2 aromatic rings. The Balaban J connectivity index is 2.07. The molecular weight excluding hydrogens is 250 g/mol. The second-order valence-electron chi connectivity index (χ2n) is 4.82. The fourth-order valence-electron chi connectivity index (χ4n) is 2.04. The quantitative estimate of drug-likeness (QED) is 0.669. The number of nitrogen functional groups attached to an aromatic ring is 1. The van der Waals surface area contributed by atoms with E-state index in [1.165, 1.54) is 6.92 Å². The van der Waals surface area contributed by atoms with Crippen molar-refractivity contribution < 1.29 is 4.79 Å². The fraction of sp³-hybridized carbons (Fsp3) is 0.250. The van der Waals surface area contributed by atoms with E-state index in [2.05, 4.69) is 9.88 Å².